The summed E-state index contributed by atoms with van der Waals surface area (Å²) in [5.41, 5.74) is 0. The number of aliphatic hydroxyl groups is 1. The Hall–Kier alpha value is -0.820. The highest BCUT2D eigenvalue weighted by molar-refractivity contribution is 5.78. The minimum Gasteiger partial charge on any atom is -0.382 e. The summed E-state index contributed by atoms with van der Waals surface area (Å²) >= 11 is 0. The Morgan fingerprint density at radius 3 is 2.57 bits per heavy atom. The van der Waals surface area contributed by atoms with E-state index < -0.39 is 18.3 Å². The third kappa shape index (κ3) is 3.88. The van der Waals surface area contributed by atoms with Crippen LogP contribution in [0, 0.1) is 0 Å². The van der Waals surface area contributed by atoms with E-state index >= 15 is 0 Å². The van der Waals surface area contributed by atoms with E-state index in [4.69, 9.17) is 0 Å². The van der Waals surface area contributed by atoms with Gasteiger partial charge in [0.1, 0.15) is 0 Å². The first kappa shape index (κ1) is 16.5. The SMILES string of the molecule is C[C@@H]1CCCCN1C(=O)CN1CCC[C@@H]1[C@@H](O)C(F)(F)F. The van der Waals surface area contributed by atoms with Gasteiger partial charge in [-0.1, -0.05) is 0 Å². The number of aliphatic hydroxyl groups excluding tert-OH is 1. The van der Waals surface area contributed by atoms with Gasteiger partial charge in [-0.15, -0.1) is 0 Å². The summed E-state index contributed by atoms with van der Waals surface area (Å²) in [6, 6.07) is -0.839. The van der Waals surface area contributed by atoms with Gasteiger partial charge in [-0.2, -0.15) is 13.2 Å². The minimum absolute atomic E-state index is 0.0256. The number of alkyl halides is 3. The molecule has 122 valence electrons. The fraction of sp³-hybridized carbons (Fsp3) is 0.929. The summed E-state index contributed by atoms with van der Waals surface area (Å²) in [6.45, 7) is 3.07. The Morgan fingerprint density at radius 1 is 1.24 bits per heavy atom. The molecule has 0 bridgehead atoms. The molecule has 0 aromatic carbocycles. The fourth-order valence-corrected chi connectivity index (χ4v) is 3.36. The Labute approximate surface area is 122 Å². The first-order valence-corrected chi connectivity index (χ1v) is 7.59. The van der Waals surface area contributed by atoms with Crippen molar-refractivity contribution in [2.45, 2.75) is 63.4 Å². The molecule has 0 spiro atoms. The zero-order chi connectivity index (χ0) is 15.6. The highest BCUT2D eigenvalue weighted by Gasteiger charge is 2.47. The molecular formula is C14H23F3N2O2. The lowest BCUT2D eigenvalue weighted by atomic mass is 10.0. The van der Waals surface area contributed by atoms with Gasteiger partial charge in [0.05, 0.1) is 6.54 Å². The van der Waals surface area contributed by atoms with Crippen molar-refractivity contribution in [1.29, 1.82) is 0 Å². The number of halogens is 3. The smallest absolute Gasteiger partial charge is 0.382 e. The molecule has 2 rings (SSSR count). The molecule has 7 heteroatoms. The van der Waals surface area contributed by atoms with Crippen LogP contribution in [-0.2, 0) is 4.79 Å². The van der Waals surface area contributed by atoms with Gasteiger partial charge in [0.15, 0.2) is 6.10 Å². The normalized spacial score (nSPS) is 29.7. The number of amides is 1. The Kier molecular flexibility index (Phi) is 5.14. The van der Waals surface area contributed by atoms with Crippen LogP contribution in [-0.4, -0.2) is 64.8 Å². The van der Waals surface area contributed by atoms with Gasteiger partial charge in [0.25, 0.3) is 0 Å². The van der Waals surface area contributed by atoms with E-state index in [9.17, 15) is 23.1 Å². The van der Waals surface area contributed by atoms with Gasteiger partial charge in [0.2, 0.25) is 5.91 Å². The molecule has 0 aliphatic carbocycles. The van der Waals surface area contributed by atoms with Crippen LogP contribution in [0.4, 0.5) is 13.2 Å². The van der Waals surface area contributed by atoms with Gasteiger partial charge >= 0.3 is 6.18 Å². The van der Waals surface area contributed by atoms with Gasteiger partial charge in [0, 0.05) is 18.6 Å². The van der Waals surface area contributed by atoms with E-state index in [0.29, 0.717) is 19.5 Å². The molecule has 2 fully saturated rings. The maximum absolute atomic E-state index is 12.7. The highest BCUT2D eigenvalue weighted by Crippen LogP contribution is 2.30. The van der Waals surface area contributed by atoms with Crippen molar-refractivity contribution in [2.24, 2.45) is 0 Å². The molecule has 0 aromatic rings. The van der Waals surface area contributed by atoms with Crippen molar-refractivity contribution in [3.05, 3.63) is 0 Å². The summed E-state index contributed by atoms with van der Waals surface area (Å²) in [5.74, 6) is -0.122. The topological polar surface area (TPSA) is 43.8 Å². The van der Waals surface area contributed by atoms with Crippen LogP contribution in [0.5, 0.6) is 0 Å². The lowest BCUT2D eigenvalue weighted by Crippen LogP contribution is -2.52. The quantitative estimate of drug-likeness (QED) is 0.864. The number of likely N-dealkylation sites (tertiary alicyclic amines) is 2. The van der Waals surface area contributed by atoms with Crippen molar-refractivity contribution in [3.63, 3.8) is 0 Å². The summed E-state index contributed by atoms with van der Waals surface area (Å²) < 4.78 is 38.0. The van der Waals surface area contributed by atoms with Crippen molar-refractivity contribution in [1.82, 2.24) is 9.80 Å². The standard InChI is InChI=1S/C14H23F3N2O2/c1-10-5-2-3-8-19(10)12(20)9-18-7-4-6-11(18)13(21)14(15,16)17/h10-11,13,21H,2-9H2,1H3/t10-,11-,13-/m1/s1. The maximum Gasteiger partial charge on any atom is 0.415 e. The zero-order valence-corrected chi connectivity index (χ0v) is 12.3. The van der Waals surface area contributed by atoms with E-state index in [0.717, 1.165) is 19.3 Å². The Bertz CT molecular complexity index is 376. The van der Waals surface area contributed by atoms with Gasteiger partial charge in [-0.25, -0.2) is 0 Å². The van der Waals surface area contributed by atoms with Gasteiger partial charge < -0.3 is 10.0 Å². The number of rotatable bonds is 3. The second-order valence-electron chi connectivity index (χ2n) is 6.10. The van der Waals surface area contributed by atoms with Crippen molar-refractivity contribution in [2.75, 3.05) is 19.6 Å². The summed E-state index contributed by atoms with van der Waals surface area (Å²) in [7, 11) is 0. The monoisotopic (exact) mass is 308 g/mol. The molecule has 0 radical (unpaired) electrons. The van der Waals surface area contributed by atoms with E-state index in [1.54, 1.807) is 4.90 Å². The molecule has 2 saturated heterocycles. The van der Waals surface area contributed by atoms with Crippen LogP contribution < -0.4 is 0 Å². The summed E-state index contributed by atoms with van der Waals surface area (Å²) in [6.07, 6.45) is -3.15. The van der Waals surface area contributed by atoms with Crippen molar-refractivity contribution < 1.29 is 23.1 Å². The number of hydrogen-bond acceptors (Lipinski definition) is 3. The predicted octanol–water partition coefficient (Wildman–Crippen LogP) is 1.77. The van der Waals surface area contributed by atoms with Crippen LogP contribution in [0.2, 0.25) is 0 Å². The largest absolute Gasteiger partial charge is 0.415 e. The Morgan fingerprint density at radius 2 is 1.95 bits per heavy atom. The van der Waals surface area contributed by atoms with E-state index in [1.165, 1.54) is 4.90 Å². The molecule has 2 heterocycles. The Balaban J connectivity index is 1.96. The maximum atomic E-state index is 12.7. The predicted molar refractivity (Wildman–Crippen MR) is 71.7 cm³/mol. The molecule has 0 aromatic heterocycles. The number of hydrogen-bond donors (Lipinski definition) is 1. The number of piperidine rings is 1. The lowest BCUT2D eigenvalue weighted by Gasteiger charge is -2.36. The third-order valence-corrected chi connectivity index (χ3v) is 4.58. The molecule has 2 aliphatic heterocycles. The molecule has 4 nitrogen and oxygen atoms in total. The van der Waals surface area contributed by atoms with Crippen LogP contribution in [0.15, 0.2) is 0 Å². The first-order valence-electron chi connectivity index (χ1n) is 7.59. The fourth-order valence-electron chi connectivity index (χ4n) is 3.36. The first-order chi connectivity index (χ1) is 9.80. The second kappa shape index (κ2) is 6.52. The molecule has 1 N–H and O–H groups in total. The van der Waals surface area contributed by atoms with Crippen LogP contribution >= 0.6 is 0 Å². The number of nitrogens with zero attached hydrogens (tertiary/aromatic N) is 2. The summed E-state index contributed by atoms with van der Waals surface area (Å²) in [5, 5.41) is 9.44. The van der Waals surface area contributed by atoms with E-state index in [2.05, 4.69) is 0 Å². The molecular weight excluding hydrogens is 285 g/mol. The molecule has 0 saturated carbocycles. The highest BCUT2D eigenvalue weighted by atomic mass is 19.4. The van der Waals surface area contributed by atoms with Crippen LogP contribution in [0.25, 0.3) is 0 Å². The van der Waals surface area contributed by atoms with Crippen LogP contribution in [0.1, 0.15) is 39.0 Å². The van der Waals surface area contributed by atoms with E-state index in [1.807, 2.05) is 6.92 Å². The van der Waals surface area contributed by atoms with Gasteiger partial charge in [-0.05, 0) is 45.6 Å². The molecule has 0 unspecified atom stereocenters. The molecule has 1 amide bonds. The second-order valence-corrected chi connectivity index (χ2v) is 6.10. The molecule has 21 heavy (non-hydrogen) atoms. The van der Waals surface area contributed by atoms with Gasteiger partial charge in [-0.3, -0.25) is 9.69 Å². The average Bonchev–Trinajstić information content (AvgIpc) is 2.85. The average molecular weight is 308 g/mol. The lowest BCUT2D eigenvalue weighted by molar-refractivity contribution is -0.219. The molecule has 3 atom stereocenters. The third-order valence-electron chi connectivity index (χ3n) is 4.58. The van der Waals surface area contributed by atoms with Crippen LogP contribution in [0.3, 0.4) is 0 Å². The number of carbonyl (C=O) groups is 1. The van der Waals surface area contributed by atoms with Crippen molar-refractivity contribution in [3.8, 4) is 0 Å². The number of carbonyl (C=O) groups excluding carboxylic acids is 1. The summed E-state index contributed by atoms with van der Waals surface area (Å²) in [4.78, 5) is 15.6. The molecule has 2 aliphatic rings. The minimum atomic E-state index is -4.63. The van der Waals surface area contributed by atoms with Crippen molar-refractivity contribution >= 4 is 5.91 Å². The zero-order valence-electron chi connectivity index (χ0n) is 12.3. The van der Waals surface area contributed by atoms with E-state index in [-0.39, 0.29) is 24.9 Å².